The molecule has 0 amide bonds. The molecule has 0 aliphatic heterocycles. The van der Waals surface area contributed by atoms with Crippen LogP contribution >= 0.6 is 0 Å². The lowest BCUT2D eigenvalue weighted by atomic mass is 9.92. The lowest BCUT2D eigenvalue weighted by molar-refractivity contribution is 0.204. The molecular weight excluding hydrogens is 290 g/mol. The van der Waals surface area contributed by atoms with Gasteiger partial charge in [-0.15, -0.1) is 0 Å². The number of hydrogen-bond acceptors (Lipinski definition) is 5. The maximum Gasteiger partial charge on any atom is 0.157 e. The lowest BCUT2D eigenvalue weighted by Crippen LogP contribution is -2.23. The van der Waals surface area contributed by atoms with Crippen molar-refractivity contribution in [3.05, 3.63) is 23.5 Å². The number of anilines is 1. The highest BCUT2D eigenvalue weighted by Gasteiger charge is 2.57. The van der Waals surface area contributed by atoms with Crippen molar-refractivity contribution in [2.45, 2.75) is 56.0 Å². The molecule has 6 nitrogen and oxygen atoms in total. The Morgan fingerprint density at radius 2 is 2.26 bits per heavy atom. The Bertz CT molecular complexity index is 766. The van der Waals surface area contributed by atoms with Gasteiger partial charge in [-0.25, -0.2) is 4.98 Å². The first kappa shape index (κ1) is 13.7. The van der Waals surface area contributed by atoms with Gasteiger partial charge in [0, 0.05) is 35.7 Å². The van der Waals surface area contributed by atoms with Crippen molar-refractivity contribution in [2.75, 3.05) is 11.9 Å². The van der Waals surface area contributed by atoms with Crippen molar-refractivity contribution >= 4 is 11.5 Å². The van der Waals surface area contributed by atoms with Crippen molar-refractivity contribution < 1.29 is 5.11 Å². The van der Waals surface area contributed by atoms with Crippen LogP contribution in [0, 0.1) is 5.92 Å². The van der Waals surface area contributed by atoms with Crippen LogP contribution in [-0.4, -0.2) is 38.4 Å². The summed E-state index contributed by atoms with van der Waals surface area (Å²) in [6.45, 7) is 0.242. The van der Waals surface area contributed by atoms with Crippen molar-refractivity contribution in [3.63, 3.8) is 0 Å². The van der Waals surface area contributed by atoms with Gasteiger partial charge in [0.15, 0.2) is 5.65 Å². The Balaban J connectivity index is 1.62. The molecule has 2 aromatic rings. The highest BCUT2D eigenvalue weighted by molar-refractivity contribution is 5.61. The van der Waals surface area contributed by atoms with Gasteiger partial charge in [0.25, 0.3) is 0 Å². The normalized spacial score (nSPS) is 31.0. The fourth-order valence-corrected chi connectivity index (χ4v) is 4.72. The van der Waals surface area contributed by atoms with E-state index in [-0.39, 0.29) is 12.0 Å². The first-order valence-electron chi connectivity index (χ1n) is 8.71. The zero-order valence-electron chi connectivity index (χ0n) is 13.2. The summed E-state index contributed by atoms with van der Waals surface area (Å²) < 4.78 is 1.93. The Kier molecular flexibility index (Phi) is 2.79. The quantitative estimate of drug-likeness (QED) is 0.793. The maximum absolute atomic E-state index is 9.82. The molecule has 1 unspecified atom stereocenters. The zero-order chi connectivity index (χ0) is 15.6. The van der Waals surface area contributed by atoms with Crippen molar-refractivity contribution in [3.8, 4) is 0 Å². The molecule has 3 aliphatic rings. The molecule has 1 spiro atoms. The zero-order valence-corrected chi connectivity index (χ0v) is 13.2. The summed E-state index contributed by atoms with van der Waals surface area (Å²) in [5.74, 6) is 1.39. The van der Waals surface area contributed by atoms with E-state index in [0.717, 1.165) is 50.0 Å². The molecule has 2 saturated carbocycles. The second-order valence-corrected chi connectivity index (χ2v) is 7.54. The molecule has 0 aromatic carbocycles. The van der Waals surface area contributed by atoms with E-state index < -0.39 is 0 Å². The molecule has 5 rings (SSSR count). The second-order valence-electron chi connectivity index (χ2n) is 7.54. The van der Waals surface area contributed by atoms with Crippen LogP contribution in [0.5, 0.6) is 0 Å². The number of aliphatic hydroxyl groups excluding tert-OH is 1. The summed E-state index contributed by atoms with van der Waals surface area (Å²) in [4.78, 5) is 4.90. The first-order chi connectivity index (χ1) is 11.2. The van der Waals surface area contributed by atoms with Crippen LogP contribution in [0.2, 0.25) is 0 Å². The molecule has 0 bridgehead atoms. The van der Waals surface area contributed by atoms with Gasteiger partial charge in [0.05, 0.1) is 11.9 Å². The number of nitrogens with two attached hydrogens (primary N) is 1. The van der Waals surface area contributed by atoms with Crippen LogP contribution in [0.15, 0.2) is 12.3 Å². The maximum atomic E-state index is 9.82. The molecule has 122 valence electrons. The van der Waals surface area contributed by atoms with Crippen LogP contribution in [-0.2, 0) is 11.8 Å². The van der Waals surface area contributed by atoms with E-state index in [9.17, 15) is 5.11 Å². The Morgan fingerprint density at radius 1 is 1.39 bits per heavy atom. The van der Waals surface area contributed by atoms with Crippen LogP contribution in [0.25, 0.3) is 5.65 Å². The highest BCUT2D eigenvalue weighted by atomic mass is 16.3. The van der Waals surface area contributed by atoms with Crippen LogP contribution in [0.3, 0.4) is 0 Å². The summed E-state index contributed by atoms with van der Waals surface area (Å²) in [6.07, 6.45) is 8.20. The number of nitrogens with one attached hydrogen (secondary N) is 1. The van der Waals surface area contributed by atoms with E-state index in [0.29, 0.717) is 18.0 Å². The van der Waals surface area contributed by atoms with Gasteiger partial charge >= 0.3 is 0 Å². The number of fused-ring (bicyclic) bond motifs is 3. The third-order valence-corrected chi connectivity index (χ3v) is 6.16. The molecule has 0 radical (unpaired) electrons. The van der Waals surface area contributed by atoms with Crippen LogP contribution in [0.4, 0.5) is 5.82 Å². The molecule has 2 aromatic heterocycles. The van der Waals surface area contributed by atoms with E-state index in [4.69, 9.17) is 10.7 Å². The van der Waals surface area contributed by atoms with Crippen LogP contribution < -0.4 is 11.1 Å². The smallest absolute Gasteiger partial charge is 0.157 e. The molecule has 23 heavy (non-hydrogen) atoms. The van der Waals surface area contributed by atoms with Gasteiger partial charge in [-0.1, -0.05) is 0 Å². The Morgan fingerprint density at radius 3 is 2.96 bits per heavy atom. The standard InChI is InChI=1S/C17H23N5O/c18-11-1-2-12(8-11)20-16-13-7-10(9-23)17(4-5-17)15(13)21-14-3-6-19-22(14)16/h3,6,10-12,20,23H,1-2,4-5,7-9,18H2/t10?,11-,12-/m0/s1. The summed E-state index contributed by atoms with van der Waals surface area (Å²) in [6, 6.07) is 2.68. The number of aromatic nitrogens is 3. The molecule has 2 fully saturated rings. The van der Waals surface area contributed by atoms with E-state index in [1.54, 1.807) is 0 Å². The number of hydrogen-bond donors (Lipinski definition) is 3. The molecule has 2 heterocycles. The average molecular weight is 313 g/mol. The van der Waals surface area contributed by atoms with Crippen molar-refractivity contribution in [2.24, 2.45) is 11.7 Å². The predicted octanol–water partition coefficient (Wildman–Crippen LogP) is 1.22. The average Bonchev–Trinajstić information content (AvgIpc) is 2.89. The molecule has 3 atom stereocenters. The fraction of sp³-hybridized carbons (Fsp3) is 0.647. The van der Waals surface area contributed by atoms with E-state index in [2.05, 4.69) is 10.4 Å². The summed E-state index contributed by atoms with van der Waals surface area (Å²) in [5.41, 5.74) is 9.56. The third-order valence-electron chi connectivity index (χ3n) is 6.16. The minimum absolute atomic E-state index is 0.124. The molecule has 6 heteroatoms. The van der Waals surface area contributed by atoms with E-state index in [1.165, 1.54) is 11.3 Å². The number of aliphatic hydroxyl groups is 1. The van der Waals surface area contributed by atoms with Gasteiger partial charge in [-0.2, -0.15) is 9.61 Å². The summed E-state index contributed by atoms with van der Waals surface area (Å²) in [5, 5.41) is 18.0. The van der Waals surface area contributed by atoms with Gasteiger partial charge in [0.1, 0.15) is 5.82 Å². The third kappa shape index (κ3) is 1.88. The number of rotatable bonds is 3. The van der Waals surface area contributed by atoms with Gasteiger partial charge in [-0.3, -0.25) is 0 Å². The topological polar surface area (TPSA) is 88.5 Å². The lowest BCUT2D eigenvalue weighted by Gasteiger charge is -2.19. The van der Waals surface area contributed by atoms with Gasteiger partial charge in [-0.05, 0) is 44.4 Å². The van der Waals surface area contributed by atoms with E-state index >= 15 is 0 Å². The fourth-order valence-electron chi connectivity index (χ4n) is 4.72. The summed E-state index contributed by atoms with van der Waals surface area (Å²) in [7, 11) is 0. The minimum Gasteiger partial charge on any atom is -0.396 e. The SMILES string of the molecule is N[C@H]1CC[C@H](Nc2c3c(nc4ccnn24)C2(CC2)C(CO)C3)C1. The molecule has 4 N–H and O–H groups in total. The Labute approximate surface area is 135 Å². The van der Waals surface area contributed by atoms with E-state index in [1.807, 2.05) is 16.8 Å². The van der Waals surface area contributed by atoms with Crippen LogP contribution in [0.1, 0.15) is 43.4 Å². The van der Waals surface area contributed by atoms with Gasteiger partial charge < -0.3 is 16.2 Å². The molecular formula is C17H23N5O. The monoisotopic (exact) mass is 313 g/mol. The largest absolute Gasteiger partial charge is 0.396 e. The number of nitrogens with zero attached hydrogens (tertiary/aromatic N) is 3. The van der Waals surface area contributed by atoms with Gasteiger partial charge in [0.2, 0.25) is 0 Å². The summed E-state index contributed by atoms with van der Waals surface area (Å²) >= 11 is 0. The highest BCUT2D eigenvalue weighted by Crippen LogP contribution is 2.60. The minimum atomic E-state index is 0.124. The Hall–Kier alpha value is -1.66. The first-order valence-corrected chi connectivity index (χ1v) is 8.71. The molecule has 3 aliphatic carbocycles. The van der Waals surface area contributed by atoms with Crippen molar-refractivity contribution in [1.29, 1.82) is 0 Å². The van der Waals surface area contributed by atoms with Crippen molar-refractivity contribution in [1.82, 2.24) is 14.6 Å². The molecule has 0 saturated heterocycles. The second kappa shape index (κ2) is 4.68. The predicted molar refractivity (Wildman–Crippen MR) is 87.4 cm³/mol.